The van der Waals surface area contributed by atoms with E-state index in [0.717, 1.165) is 0 Å². The molecule has 0 spiro atoms. The summed E-state index contributed by atoms with van der Waals surface area (Å²) in [6, 6.07) is 0. The van der Waals surface area contributed by atoms with E-state index in [9.17, 15) is 4.79 Å². The fraction of sp³-hybridized carbons (Fsp3) is 0.375. The number of rotatable bonds is 2. The van der Waals surface area contributed by atoms with Crippen molar-refractivity contribution < 1.29 is 9.53 Å². The number of ether oxygens (including phenoxy) is 1. The third-order valence-corrected chi connectivity index (χ3v) is 1.88. The molecular weight excluding hydrogens is 170 g/mol. The average Bonchev–Trinajstić information content (AvgIpc) is 2.16. The molecule has 0 aliphatic carbocycles. The van der Waals surface area contributed by atoms with E-state index in [0.29, 0.717) is 5.88 Å². The third kappa shape index (κ3) is 1.81. The Balaban J connectivity index is 2.80. The number of hydrogen-bond acceptors (Lipinski definition) is 4. The van der Waals surface area contributed by atoms with Gasteiger partial charge in [0.15, 0.2) is 5.88 Å². The van der Waals surface area contributed by atoms with E-state index in [4.69, 9.17) is 10.6 Å². The highest BCUT2D eigenvalue weighted by atomic mass is 16.5. The first-order chi connectivity index (χ1) is 6.12. The van der Waals surface area contributed by atoms with E-state index in [1.807, 2.05) is 0 Å². The summed E-state index contributed by atoms with van der Waals surface area (Å²) in [6.07, 6.45) is 5.17. The quantitative estimate of drug-likeness (QED) is 0.303. The molecule has 5 heteroatoms. The zero-order chi connectivity index (χ0) is 9.90. The SMILES string of the molecule is COC1=CC=CC(C)(C(=O)NN)N1. The summed E-state index contributed by atoms with van der Waals surface area (Å²) in [6.45, 7) is 1.71. The first-order valence-corrected chi connectivity index (χ1v) is 3.85. The molecule has 1 aliphatic rings. The van der Waals surface area contributed by atoms with Crippen LogP contribution in [0.4, 0.5) is 0 Å². The van der Waals surface area contributed by atoms with E-state index in [-0.39, 0.29) is 5.91 Å². The smallest absolute Gasteiger partial charge is 0.263 e. The second-order valence-corrected chi connectivity index (χ2v) is 2.89. The van der Waals surface area contributed by atoms with Crippen LogP contribution in [-0.2, 0) is 9.53 Å². The molecule has 1 amide bonds. The molecule has 1 unspecified atom stereocenters. The van der Waals surface area contributed by atoms with Crippen molar-refractivity contribution in [2.75, 3.05) is 7.11 Å². The molecule has 0 aromatic heterocycles. The van der Waals surface area contributed by atoms with Gasteiger partial charge in [0.2, 0.25) is 0 Å². The van der Waals surface area contributed by atoms with Crippen LogP contribution in [0.25, 0.3) is 0 Å². The molecule has 0 saturated carbocycles. The molecular formula is C8H13N3O2. The summed E-state index contributed by atoms with van der Waals surface area (Å²) in [5.74, 6) is 5.26. The molecule has 0 aromatic carbocycles. The molecule has 0 fully saturated rings. The Kier molecular flexibility index (Phi) is 2.57. The standard InChI is InChI=1S/C8H13N3O2/c1-8(7(12)11-9)5-3-4-6(10-8)13-2/h3-5,10H,9H2,1-2H3,(H,11,12). The summed E-state index contributed by atoms with van der Waals surface area (Å²) in [5, 5.41) is 2.89. The minimum atomic E-state index is -0.838. The number of hydrogen-bond donors (Lipinski definition) is 3. The Bertz CT molecular complexity index is 273. The van der Waals surface area contributed by atoms with Crippen LogP contribution in [0.2, 0.25) is 0 Å². The molecule has 0 radical (unpaired) electrons. The van der Waals surface area contributed by atoms with Crippen LogP contribution >= 0.6 is 0 Å². The van der Waals surface area contributed by atoms with Gasteiger partial charge < -0.3 is 10.1 Å². The summed E-state index contributed by atoms with van der Waals surface area (Å²) >= 11 is 0. The van der Waals surface area contributed by atoms with E-state index in [1.54, 1.807) is 25.2 Å². The molecule has 1 rings (SSSR count). The van der Waals surface area contributed by atoms with Crippen molar-refractivity contribution in [1.82, 2.24) is 10.7 Å². The lowest BCUT2D eigenvalue weighted by molar-refractivity contribution is -0.125. The maximum atomic E-state index is 11.3. The van der Waals surface area contributed by atoms with E-state index >= 15 is 0 Å². The summed E-state index contributed by atoms with van der Waals surface area (Å²) < 4.78 is 4.96. The van der Waals surface area contributed by atoms with E-state index in [2.05, 4.69) is 10.7 Å². The van der Waals surface area contributed by atoms with Crippen LogP contribution in [-0.4, -0.2) is 18.6 Å². The Labute approximate surface area is 76.6 Å². The number of dihydropyridines is 1. The first kappa shape index (κ1) is 9.60. The second kappa shape index (κ2) is 3.49. The molecule has 0 bridgehead atoms. The van der Waals surface area contributed by atoms with Crippen LogP contribution in [0.3, 0.4) is 0 Å². The maximum absolute atomic E-state index is 11.3. The lowest BCUT2D eigenvalue weighted by atomic mass is 9.99. The first-order valence-electron chi connectivity index (χ1n) is 3.85. The molecule has 1 atom stereocenters. The molecule has 5 nitrogen and oxygen atoms in total. The van der Waals surface area contributed by atoms with Crippen molar-refractivity contribution in [3.63, 3.8) is 0 Å². The van der Waals surface area contributed by atoms with Crippen LogP contribution in [0, 0.1) is 0 Å². The van der Waals surface area contributed by atoms with Gasteiger partial charge in [-0.15, -0.1) is 0 Å². The van der Waals surface area contributed by atoms with Crippen molar-refractivity contribution in [3.8, 4) is 0 Å². The van der Waals surface area contributed by atoms with Crippen LogP contribution in [0.1, 0.15) is 6.92 Å². The van der Waals surface area contributed by atoms with E-state index < -0.39 is 5.54 Å². The maximum Gasteiger partial charge on any atom is 0.263 e. The normalized spacial score (nSPS) is 25.9. The highest BCUT2D eigenvalue weighted by Gasteiger charge is 2.31. The van der Waals surface area contributed by atoms with Gasteiger partial charge >= 0.3 is 0 Å². The number of carbonyl (C=O) groups excluding carboxylic acids is 1. The van der Waals surface area contributed by atoms with Crippen molar-refractivity contribution in [2.24, 2.45) is 5.84 Å². The summed E-state index contributed by atoms with van der Waals surface area (Å²) in [5.41, 5.74) is 1.25. The zero-order valence-electron chi connectivity index (χ0n) is 7.63. The lowest BCUT2D eigenvalue weighted by Crippen LogP contribution is -2.55. The lowest BCUT2D eigenvalue weighted by Gasteiger charge is -2.29. The monoisotopic (exact) mass is 183 g/mol. The number of methoxy groups -OCH3 is 1. The number of hydrazine groups is 1. The number of allylic oxidation sites excluding steroid dienone is 2. The van der Waals surface area contributed by atoms with Gasteiger partial charge in [-0.3, -0.25) is 10.2 Å². The molecule has 13 heavy (non-hydrogen) atoms. The molecule has 0 saturated heterocycles. The van der Waals surface area contributed by atoms with Crippen molar-refractivity contribution in [2.45, 2.75) is 12.5 Å². The minimum absolute atomic E-state index is 0.314. The Morgan fingerprint density at radius 2 is 2.46 bits per heavy atom. The van der Waals surface area contributed by atoms with Crippen molar-refractivity contribution in [1.29, 1.82) is 0 Å². The predicted molar refractivity (Wildman–Crippen MR) is 48.1 cm³/mol. The Morgan fingerprint density at radius 1 is 1.77 bits per heavy atom. The molecule has 4 N–H and O–H groups in total. The van der Waals surface area contributed by atoms with Crippen LogP contribution in [0.15, 0.2) is 24.1 Å². The van der Waals surface area contributed by atoms with Gasteiger partial charge in [0.25, 0.3) is 5.91 Å². The number of amides is 1. The number of nitrogens with two attached hydrogens (primary N) is 1. The predicted octanol–water partition coefficient (Wildman–Crippen LogP) is -0.618. The highest BCUT2D eigenvalue weighted by molar-refractivity contribution is 5.88. The minimum Gasteiger partial charge on any atom is -0.482 e. The largest absolute Gasteiger partial charge is 0.482 e. The molecule has 1 heterocycles. The molecule has 72 valence electrons. The van der Waals surface area contributed by atoms with Crippen molar-refractivity contribution in [3.05, 3.63) is 24.1 Å². The fourth-order valence-corrected chi connectivity index (χ4v) is 1.07. The topological polar surface area (TPSA) is 76.4 Å². The highest BCUT2D eigenvalue weighted by Crippen LogP contribution is 2.13. The van der Waals surface area contributed by atoms with Crippen molar-refractivity contribution >= 4 is 5.91 Å². The molecule has 0 aromatic rings. The summed E-state index contributed by atoms with van der Waals surface area (Å²) in [7, 11) is 1.53. The van der Waals surface area contributed by atoms with Gasteiger partial charge in [0, 0.05) is 0 Å². The van der Waals surface area contributed by atoms with Gasteiger partial charge in [-0.05, 0) is 19.1 Å². The van der Waals surface area contributed by atoms with Crippen LogP contribution in [0.5, 0.6) is 0 Å². The van der Waals surface area contributed by atoms with Gasteiger partial charge in [-0.1, -0.05) is 6.08 Å². The van der Waals surface area contributed by atoms with Gasteiger partial charge in [-0.2, -0.15) is 0 Å². The third-order valence-electron chi connectivity index (χ3n) is 1.88. The van der Waals surface area contributed by atoms with Crippen LogP contribution < -0.4 is 16.6 Å². The average molecular weight is 183 g/mol. The molecule has 1 aliphatic heterocycles. The van der Waals surface area contributed by atoms with Gasteiger partial charge in [-0.25, -0.2) is 5.84 Å². The van der Waals surface area contributed by atoms with E-state index in [1.165, 1.54) is 7.11 Å². The fourth-order valence-electron chi connectivity index (χ4n) is 1.07. The van der Waals surface area contributed by atoms with Gasteiger partial charge in [0.1, 0.15) is 5.54 Å². The second-order valence-electron chi connectivity index (χ2n) is 2.89. The number of nitrogens with one attached hydrogen (secondary N) is 2. The number of carbonyl (C=O) groups is 1. The van der Waals surface area contributed by atoms with Gasteiger partial charge in [0.05, 0.1) is 7.11 Å². The Morgan fingerprint density at radius 3 is 3.00 bits per heavy atom. The zero-order valence-corrected chi connectivity index (χ0v) is 7.63. The summed E-state index contributed by atoms with van der Waals surface area (Å²) in [4.78, 5) is 11.3. The Hall–Kier alpha value is -1.49.